The number of likely N-dealkylation sites (tertiary alicyclic amines) is 1. The maximum atomic E-state index is 12.4. The van der Waals surface area contributed by atoms with Gasteiger partial charge in [0.25, 0.3) is 0 Å². The van der Waals surface area contributed by atoms with Crippen LogP contribution in [0, 0.1) is 0 Å². The maximum absolute atomic E-state index is 12.4. The van der Waals surface area contributed by atoms with E-state index in [2.05, 4.69) is 42.3 Å². The van der Waals surface area contributed by atoms with Crippen LogP contribution in [-0.4, -0.2) is 54.4 Å². The quantitative estimate of drug-likeness (QED) is 0.473. The smallest absolute Gasteiger partial charge is 0.410 e. The summed E-state index contributed by atoms with van der Waals surface area (Å²) in [5.41, 5.74) is 4.22. The molecule has 0 N–H and O–H groups in total. The summed E-state index contributed by atoms with van der Waals surface area (Å²) in [6, 6.07) is 0.0998. The first-order valence-corrected chi connectivity index (χ1v) is 10.1. The molecule has 0 aromatic heterocycles. The van der Waals surface area contributed by atoms with Gasteiger partial charge in [-0.25, -0.2) is 4.79 Å². The number of carbonyl (C=O) groups is 1. The van der Waals surface area contributed by atoms with Gasteiger partial charge in [-0.2, -0.15) is 0 Å². The van der Waals surface area contributed by atoms with Gasteiger partial charge in [0.2, 0.25) is 0 Å². The van der Waals surface area contributed by atoms with E-state index < -0.39 is 5.60 Å². The van der Waals surface area contributed by atoms with E-state index >= 15 is 0 Å². The lowest BCUT2D eigenvalue weighted by Gasteiger charge is -2.30. The van der Waals surface area contributed by atoms with E-state index in [9.17, 15) is 4.79 Å². The van der Waals surface area contributed by atoms with Crippen molar-refractivity contribution in [3.8, 4) is 0 Å². The number of hydrogen-bond donors (Lipinski definition) is 0. The number of aliphatic imine (C=N–C) groups is 1. The van der Waals surface area contributed by atoms with Gasteiger partial charge < -0.3 is 14.5 Å². The highest BCUT2D eigenvalue weighted by Gasteiger charge is 2.32. The number of hydrogen-bond acceptors (Lipinski definition) is 4. The van der Waals surface area contributed by atoms with Crippen molar-refractivity contribution >= 4 is 12.8 Å². The summed E-state index contributed by atoms with van der Waals surface area (Å²) >= 11 is 0. The molecule has 0 saturated carbocycles. The summed E-state index contributed by atoms with van der Waals surface area (Å²) in [4.78, 5) is 20.4. The first-order valence-electron chi connectivity index (χ1n) is 10.1. The van der Waals surface area contributed by atoms with Gasteiger partial charge in [-0.15, -0.1) is 0 Å². The second-order valence-corrected chi connectivity index (χ2v) is 8.53. The molecule has 2 aliphatic rings. The maximum Gasteiger partial charge on any atom is 0.410 e. The third-order valence-electron chi connectivity index (χ3n) is 5.33. The zero-order chi connectivity index (χ0) is 20.9. The van der Waals surface area contributed by atoms with Crippen LogP contribution in [0.3, 0.4) is 0 Å². The van der Waals surface area contributed by atoms with Crippen LogP contribution < -0.4 is 0 Å². The third-order valence-corrected chi connectivity index (χ3v) is 5.33. The van der Waals surface area contributed by atoms with Gasteiger partial charge in [0, 0.05) is 20.1 Å². The van der Waals surface area contributed by atoms with Gasteiger partial charge in [-0.3, -0.25) is 4.99 Å². The largest absolute Gasteiger partial charge is 0.444 e. The average Bonchev–Trinajstić information content (AvgIpc) is 3.13. The van der Waals surface area contributed by atoms with Crippen LogP contribution in [0.25, 0.3) is 0 Å². The normalized spacial score (nSPS) is 20.4. The minimum atomic E-state index is -0.492. The lowest BCUT2D eigenvalue weighted by atomic mass is 9.91. The number of carbonyl (C=O) groups excluding carboxylic acids is 1. The van der Waals surface area contributed by atoms with Crippen LogP contribution in [0.5, 0.6) is 0 Å². The van der Waals surface area contributed by atoms with Crippen molar-refractivity contribution in [2.45, 2.75) is 65.0 Å². The van der Waals surface area contributed by atoms with Crippen molar-refractivity contribution in [3.05, 3.63) is 47.3 Å². The number of ether oxygens (including phenoxy) is 1. The standard InChI is InChI=1S/C23H35N3O2/c1-8-18-9-11-19(12-10-18)17(2)21(15-24-6)26-14-13-20(16-26)25(7)22(27)28-23(3,4)5/h9,11,15,20H,2,6,8,10,12-14,16H2,1,3-5,7H3/b21-15+. The summed E-state index contributed by atoms with van der Waals surface area (Å²) in [6.45, 7) is 17.4. The second-order valence-electron chi connectivity index (χ2n) is 8.53. The van der Waals surface area contributed by atoms with E-state index in [0.717, 1.165) is 50.0 Å². The molecule has 1 fully saturated rings. The highest BCUT2D eigenvalue weighted by atomic mass is 16.6. The monoisotopic (exact) mass is 385 g/mol. The molecule has 1 atom stereocenters. The molecule has 0 aromatic rings. The molecule has 1 unspecified atom stereocenters. The molecule has 1 saturated heterocycles. The fraction of sp³-hybridized carbons (Fsp3) is 0.565. The number of allylic oxidation sites excluding steroid dienone is 4. The molecular formula is C23H35N3O2. The summed E-state index contributed by atoms with van der Waals surface area (Å²) in [5, 5.41) is 0. The van der Waals surface area contributed by atoms with Crippen molar-refractivity contribution in [2.75, 3.05) is 20.1 Å². The van der Waals surface area contributed by atoms with Crippen LogP contribution in [0.4, 0.5) is 4.79 Å². The predicted molar refractivity (Wildman–Crippen MR) is 116 cm³/mol. The Hall–Kier alpha value is -2.30. The predicted octanol–water partition coefficient (Wildman–Crippen LogP) is 5.08. The van der Waals surface area contributed by atoms with E-state index in [0.29, 0.717) is 0 Å². The fourth-order valence-corrected chi connectivity index (χ4v) is 3.59. The Balaban J connectivity index is 2.08. The topological polar surface area (TPSA) is 45.1 Å². The summed E-state index contributed by atoms with van der Waals surface area (Å²) in [7, 11) is 1.81. The molecule has 0 radical (unpaired) electrons. The van der Waals surface area contributed by atoms with E-state index in [-0.39, 0.29) is 12.1 Å². The SMILES string of the molecule is C=N/C=C(\C(=C)C1=CC=C(CC)CC1)N1CCC(N(C)C(=O)OC(C)(C)C)C1. The van der Waals surface area contributed by atoms with Crippen LogP contribution >= 0.6 is 0 Å². The van der Waals surface area contributed by atoms with Gasteiger partial charge in [0.05, 0.1) is 17.9 Å². The second kappa shape index (κ2) is 9.26. The average molecular weight is 386 g/mol. The highest BCUT2D eigenvalue weighted by molar-refractivity contribution is 5.68. The molecule has 2 rings (SSSR count). The van der Waals surface area contributed by atoms with E-state index in [1.165, 1.54) is 11.1 Å². The Bertz CT molecular complexity index is 710. The molecule has 154 valence electrons. The van der Waals surface area contributed by atoms with Crippen LogP contribution in [-0.2, 0) is 4.74 Å². The zero-order valence-electron chi connectivity index (χ0n) is 18.1. The molecule has 0 spiro atoms. The summed E-state index contributed by atoms with van der Waals surface area (Å²) in [6.07, 6.45) is 9.97. The number of rotatable bonds is 6. The van der Waals surface area contributed by atoms with E-state index in [1.54, 1.807) is 11.1 Å². The minimum absolute atomic E-state index is 0.0998. The van der Waals surface area contributed by atoms with Crippen molar-refractivity contribution in [1.29, 1.82) is 0 Å². The van der Waals surface area contributed by atoms with Crippen LogP contribution in [0.1, 0.15) is 53.4 Å². The third kappa shape index (κ3) is 5.60. The molecule has 1 heterocycles. The van der Waals surface area contributed by atoms with Gasteiger partial charge in [-0.05, 0) is 64.3 Å². The number of amides is 1. The first-order chi connectivity index (χ1) is 13.2. The molecule has 5 heteroatoms. The highest BCUT2D eigenvalue weighted by Crippen LogP contribution is 2.32. The van der Waals surface area contributed by atoms with E-state index in [4.69, 9.17) is 4.74 Å². The molecule has 1 amide bonds. The van der Waals surface area contributed by atoms with Gasteiger partial charge in [0.1, 0.15) is 5.60 Å². The Labute approximate surface area is 170 Å². The van der Waals surface area contributed by atoms with Crippen LogP contribution in [0.15, 0.2) is 52.3 Å². The Morgan fingerprint density at radius 1 is 1.39 bits per heavy atom. The summed E-state index contributed by atoms with van der Waals surface area (Å²) < 4.78 is 5.51. The van der Waals surface area contributed by atoms with E-state index in [1.807, 2.05) is 27.8 Å². The van der Waals surface area contributed by atoms with Crippen LogP contribution in [0.2, 0.25) is 0 Å². The molecule has 1 aliphatic heterocycles. The molecule has 28 heavy (non-hydrogen) atoms. The van der Waals surface area contributed by atoms with Crippen molar-refractivity contribution in [2.24, 2.45) is 4.99 Å². The van der Waals surface area contributed by atoms with Gasteiger partial charge in [0.15, 0.2) is 0 Å². The molecule has 0 bridgehead atoms. The van der Waals surface area contributed by atoms with Crippen molar-refractivity contribution in [1.82, 2.24) is 9.80 Å². The van der Waals surface area contributed by atoms with Gasteiger partial charge in [-0.1, -0.05) is 31.2 Å². The molecular weight excluding hydrogens is 350 g/mol. The molecule has 5 nitrogen and oxygen atoms in total. The molecule has 0 aromatic carbocycles. The zero-order valence-corrected chi connectivity index (χ0v) is 18.1. The minimum Gasteiger partial charge on any atom is -0.444 e. The number of nitrogens with zero attached hydrogens (tertiary/aromatic N) is 3. The molecule has 1 aliphatic carbocycles. The summed E-state index contributed by atoms with van der Waals surface area (Å²) in [5.74, 6) is 0. The number of likely N-dealkylation sites (N-methyl/N-ethyl adjacent to an activating group) is 1. The Kier molecular flexibility index (Phi) is 7.28. The van der Waals surface area contributed by atoms with Gasteiger partial charge >= 0.3 is 6.09 Å². The lowest BCUT2D eigenvalue weighted by Crippen LogP contribution is -2.42. The fourth-order valence-electron chi connectivity index (χ4n) is 3.59. The van der Waals surface area contributed by atoms with Crippen molar-refractivity contribution < 1.29 is 9.53 Å². The Morgan fingerprint density at radius 3 is 2.64 bits per heavy atom. The lowest BCUT2D eigenvalue weighted by molar-refractivity contribution is 0.0231. The first kappa shape index (κ1) is 22.0. The van der Waals surface area contributed by atoms with Crippen molar-refractivity contribution in [3.63, 3.8) is 0 Å². The Morgan fingerprint density at radius 2 is 2.11 bits per heavy atom.